The molecule has 0 N–H and O–H groups in total. The molecule has 1 heterocycles. The number of unbranched alkanes of at least 4 members (excludes halogenated alkanes) is 3. The van der Waals surface area contributed by atoms with Crippen molar-refractivity contribution in [2.45, 2.75) is 39.0 Å². The number of hydrogen-bond acceptors (Lipinski definition) is 5. The van der Waals surface area contributed by atoms with Crippen molar-refractivity contribution in [3.63, 3.8) is 0 Å². The van der Waals surface area contributed by atoms with E-state index in [-0.39, 0.29) is 5.97 Å². The third-order valence-electron chi connectivity index (χ3n) is 3.01. The summed E-state index contributed by atoms with van der Waals surface area (Å²) in [7, 11) is 0. The molecule has 0 amide bonds. The Bertz CT molecular complexity index is 648. The summed E-state index contributed by atoms with van der Waals surface area (Å²) in [6.07, 6.45) is 5.59. The van der Waals surface area contributed by atoms with Crippen LogP contribution in [-0.2, 0) is 4.79 Å². The maximum absolute atomic E-state index is 11.7. The molecule has 20 heavy (non-hydrogen) atoms. The highest BCUT2D eigenvalue weighted by Gasteiger charge is 2.07. The number of esters is 1. The van der Waals surface area contributed by atoms with Crippen LogP contribution in [-0.4, -0.2) is 11.0 Å². The summed E-state index contributed by atoms with van der Waals surface area (Å²) >= 11 is 0. The van der Waals surface area contributed by atoms with Crippen molar-refractivity contribution in [1.29, 1.82) is 0 Å². The van der Waals surface area contributed by atoms with E-state index in [9.17, 15) is 9.59 Å². The molecule has 5 heteroatoms. The van der Waals surface area contributed by atoms with Crippen molar-refractivity contribution in [3.8, 4) is 5.75 Å². The Hall–Kier alpha value is -2.17. The average molecular weight is 275 g/mol. The lowest BCUT2D eigenvalue weighted by atomic mass is 10.1. The van der Waals surface area contributed by atoms with Gasteiger partial charge in [-0.2, -0.15) is 0 Å². The first kappa shape index (κ1) is 14.2. The fraction of sp³-hybridized carbons (Fsp3) is 0.400. The zero-order valence-corrected chi connectivity index (χ0v) is 11.4. The first-order valence-corrected chi connectivity index (χ1v) is 6.79. The van der Waals surface area contributed by atoms with Gasteiger partial charge in [-0.25, -0.2) is 9.78 Å². The predicted octanol–water partition coefficient (Wildman–Crippen LogP) is 3.06. The number of ether oxygens (including phenoxy) is 1. The van der Waals surface area contributed by atoms with E-state index in [1.54, 1.807) is 12.1 Å². The van der Waals surface area contributed by atoms with Crippen LogP contribution >= 0.6 is 0 Å². The molecule has 2 aromatic rings. The van der Waals surface area contributed by atoms with Gasteiger partial charge in [0.1, 0.15) is 5.75 Å². The van der Waals surface area contributed by atoms with Crippen LogP contribution in [0.4, 0.5) is 0 Å². The maximum atomic E-state index is 11.7. The molecule has 0 unspecified atom stereocenters. The summed E-state index contributed by atoms with van der Waals surface area (Å²) in [6.45, 7) is 2.12. The molecule has 0 aliphatic carbocycles. The Balaban J connectivity index is 2.01. The molecule has 1 aromatic carbocycles. The molecule has 0 saturated heterocycles. The van der Waals surface area contributed by atoms with E-state index in [0.29, 0.717) is 23.1 Å². The average Bonchev–Trinajstić information content (AvgIpc) is 2.45. The summed E-state index contributed by atoms with van der Waals surface area (Å²) < 4.78 is 9.90. The molecule has 0 spiro atoms. The Kier molecular flexibility index (Phi) is 4.87. The first-order valence-electron chi connectivity index (χ1n) is 6.79. The van der Waals surface area contributed by atoms with Crippen molar-refractivity contribution in [2.75, 3.05) is 0 Å². The second-order valence-corrected chi connectivity index (χ2v) is 4.60. The normalized spacial score (nSPS) is 10.7. The fourth-order valence-electron chi connectivity index (χ4n) is 1.93. The number of carbonyl (C=O) groups excluding carboxylic acids is 1. The van der Waals surface area contributed by atoms with E-state index in [1.165, 1.54) is 6.07 Å². The number of benzene rings is 1. The van der Waals surface area contributed by atoms with E-state index >= 15 is 0 Å². The van der Waals surface area contributed by atoms with Crippen LogP contribution < -0.4 is 10.4 Å². The van der Waals surface area contributed by atoms with Crippen LogP contribution in [0.1, 0.15) is 39.0 Å². The van der Waals surface area contributed by atoms with Crippen molar-refractivity contribution in [2.24, 2.45) is 0 Å². The Morgan fingerprint density at radius 3 is 2.95 bits per heavy atom. The van der Waals surface area contributed by atoms with E-state index < -0.39 is 5.63 Å². The van der Waals surface area contributed by atoms with Crippen LogP contribution in [0.5, 0.6) is 5.75 Å². The molecular formula is C15H17NO4. The van der Waals surface area contributed by atoms with Gasteiger partial charge in [-0.05, 0) is 24.6 Å². The lowest BCUT2D eigenvalue weighted by Crippen LogP contribution is -2.08. The van der Waals surface area contributed by atoms with Crippen molar-refractivity contribution in [3.05, 3.63) is 35.0 Å². The molecule has 106 valence electrons. The Morgan fingerprint density at radius 2 is 2.15 bits per heavy atom. The van der Waals surface area contributed by atoms with Crippen molar-refractivity contribution >= 4 is 16.9 Å². The van der Waals surface area contributed by atoms with E-state index in [2.05, 4.69) is 16.3 Å². The molecule has 2 rings (SSSR count). The molecule has 5 nitrogen and oxygen atoms in total. The second-order valence-electron chi connectivity index (χ2n) is 4.60. The molecule has 1 aromatic heterocycles. The number of hydrogen-bond donors (Lipinski definition) is 0. The zero-order valence-electron chi connectivity index (χ0n) is 11.4. The number of fused-ring (bicyclic) bond motifs is 1. The topological polar surface area (TPSA) is 69.4 Å². The van der Waals surface area contributed by atoms with Gasteiger partial charge >= 0.3 is 11.6 Å². The monoisotopic (exact) mass is 275 g/mol. The lowest BCUT2D eigenvalue weighted by molar-refractivity contribution is -0.134. The van der Waals surface area contributed by atoms with Crippen LogP contribution in [0.2, 0.25) is 0 Å². The molecule has 0 saturated carbocycles. The summed E-state index contributed by atoms with van der Waals surface area (Å²) in [5.41, 5.74) is 0.0276. The number of aromatic nitrogens is 1. The van der Waals surface area contributed by atoms with Crippen molar-refractivity contribution in [1.82, 2.24) is 4.98 Å². The predicted molar refractivity (Wildman–Crippen MR) is 74.7 cm³/mol. The summed E-state index contributed by atoms with van der Waals surface area (Å²) in [6, 6.07) is 4.74. The first-order chi connectivity index (χ1) is 9.70. The third kappa shape index (κ3) is 3.66. The number of nitrogens with zero attached hydrogens (tertiary/aromatic N) is 1. The number of carbonyl (C=O) groups is 1. The second kappa shape index (κ2) is 6.84. The van der Waals surface area contributed by atoms with Gasteiger partial charge in [0.05, 0.1) is 10.9 Å². The Labute approximate surface area is 116 Å². The number of rotatable bonds is 6. The molecule has 0 bridgehead atoms. The lowest BCUT2D eigenvalue weighted by Gasteiger charge is -2.04. The fourth-order valence-corrected chi connectivity index (χ4v) is 1.93. The van der Waals surface area contributed by atoms with Crippen LogP contribution in [0.25, 0.3) is 10.9 Å². The van der Waals surface area contributed by atoms with E-state index in [0.717, 1.165) is 32.1 Å². The minimum absolute atomic E-state index is 0.284. The quantitative estimate of drug-likeness (QED) is 0.460. The SMILES string of the molecule is CCCCCCC(=O)Oc1ccc2ncoc(=O)c2c1. The van der Waals surface area contributed by atoms with Gasteiger partial charge in [-0.3, -0.25) is 4.79 Å². The highest BCUT2D eigenvalue weighted by Crippen LogP contribution is 2.17. The van der Waals surface area contributed by atoms with Gasteiger partial charge in [-0.15, -0.1) is 0 Å². The van der Waals surface area contributed by atoms with Gasteiger partial charge < -0.3 is 9.15 Å². The standard InChI is InChI=1S/C15H17NO4/c1-2-3-4-5-6-14(17)20-11-7-8-13-12(9-11)15(18)19-10-16-13/h7-10H,2-6H2,1H3. The van der Waals surface area contributed by atoms with Gasteiger partial charge in [0.25, 0.3) is 0 Å². The van der Waals surface area contributed by atoms with Gasteiger partial charge in [0.15, 0.2) is 6.39 Å². The summed E-state index contributed by atoms with van der Waals surface area (Å²) in [5, 5.41) is 0.309. The molecule has 0 aliphatic rings. The van der Waals surface area contributed by atoms with Crippen LogP contribution in [0.3, 0.4) is 0 Å². The van der Waals surface area contributed by atoms with Gasteiger partial charge in [-0.1, -0.05) is 26.2 Å². The third-order valence-corrected chi connectivity index (χ3v) is 3.01. The summed E-state index contributed by atoms with van der Waals surface area (Å²) in [5.74, 6) is 0.0621. The van der Waals surface area contributed by atoms with Gasteiger partial charge in [0.2, 0.25) is 0 Å². The zero-order chi connectivity index (χ0) is 14.4. The highest BCUT2D eigenvalue weighted by atomic mass is 16.5. The smallest absolute Gasteiger partial charge is 0.346 e. The van der Waals surface area contributed by atoms with Gasteiger partial charge in [0, 0.05) is 6.42 Å². The summed E-state index contributed by atoms with van der Waals surface area (Å²) in [4.78, 5) is 27.1. The minimum atomic E-state index is -0.490. The Morgan fingerprint density at radius 1 is 1.30 bits per heavy atom. The molecular weight excluding hydrogens is 258 g/mol. The molecule has 0 fully saturated rings. The molecule has 0 atom stereocenters. The van der Waals surface area contributed by atoms with E-state index in [1.807, 2.05) is 0 Å². The molecule has 0 radical (unpaired) electrons. The maximum Gasteiger partial charge on any atom is 0.346 e. The minimum Gasteiger partial charge on any atom is -0.427 e. The largest absolute Gasteiger partial charge is 0.427 e. The highest BCUT2D eigenvalue weighted by molar-refractivity contribution is 5.80. The van der Waals surface area contributed by atoms with Crippen LogP contribution in [0, 0.1) is 0 Å². The van der Waals surface area contributed by atoms with Crippen molar-refractivity contribution < 1.29 is 13.9 Å². The van der Waals surface area contributed by atoms with Crippen LogP contribution in [0.15, 0.2) is 33.8 Å². The van der Waals surface area contributed by atoms with E-state index in [4.69, 9.17) is 4.74 Å². The molecule has 0 aliphatic heterocycles.